The monoisotopic (exact) mass is 238 g/mol. The van der Waals surface area contributed by atoms with Crippen molar-refractivity contribution in [1.82, 2.24) is 4.72 Å². The predicted molar refractivity (Wildman–Crippen MR) is 49.6 cm³/mol. The first-order valence-electron chi connectivity index (χ1n) is 3.92. The van der Waals surface area contributed by atoms with Gasteiger partial charge in [-0.1, -0.05) is 0 Å². The van der Waals surface area contributed by atoms with Gasteiger partial charge in [0.25, 0.3) is 0 Å². The number of nitriles is 1. The smallest absolute Gasteiger partial charge is 0.225 e. The van der Waals surface area contributed by atoms with E-state index in [0.29, 0.717) is 0 Å². The van der Waals surface area contributed by atoms with Gasteiger partial charge in [0, 0.05) is 6.04 Å². The zero-order valence-corrected chi connectivity index (χ0v) is 8.94. The summed E-state index contributed by atoms with van der Waals surface area (Å²) in [6.45, 7) is 0. The van der Waals surface area contributed by atoms with Gasteiger partial charge < -0.3 is 0 Å². The lowest BCUT2D eigenvalue weighted by molar-refractivity contribution is 0.565. The minimum Gasteiger partial charge on any atom is -0.229 e. The van der Waals surface area contributed by atoms with E-state index < -0.39 is 31.7 Å². The Labute approximate surface area is 82.9 Å². The Hall–Kier alpha value is -0.650. The van der Waals surface area contributed by atoms with E-state index in [0.717, 1.165) is 0 Å². The van der Waals surface area contributed by atoms with Crippen molar-refractivity contribution >= 4 is 19.9 Å². The summed E-state index contributed by atoms with van der Waals surface area (Å²) in [6, 6.07) is 0.932. The van der Waals surface area contributed by atoms with Crippen LogP contribution in [-0.2, 0) is 19.9 Å². The lowest BCUT2D eigenvalue weighted by Gasteiger charge is -2.08. The molecule has 1 aliphatic heterocycles. The maximum atomic E-state index is 11.1. The topological polar surface area (TPSA) is 104 Å². The second-order valence-electron chi connectivity index (χ2n) is 3.14. The molecule has 8 heteroatoms. The molecule has 1 rings (SSSR count). The van der Waals surface area contributed by atoms with E-state index in [1.165, 1.54) is 6.07 Å². The lowest BCUT2D eigenvalue weighted by atomic mass is 10.3. The molecule has 1 aliphatic rings. The fourth-order valence-electron chi connectivity index (χ4n) is 1.27. The molecule has 0 aromatic rings. The van der Waals surface area contributed by atoms with Gasteiger partial charge in [-0.05, 0) is 6.42 Å². The number of nitrogens with zero attached hydrogens (tertiary/aromatic N) is 1. The Morgan fingerprint density at radius 1 is 1.50 bits per heavy atom. The normalized spacial score (nSPS) is 25.8. The van der Waals surface area contributed by atoms with Crippen molar-refractivity contribution in [2.45, 2.75) is 12.5 Å². The largest absolute Gasteiger partial charge is 0.229 e. The van der Waals surface area contributed by atoms with Gasteiger partial charge in [-0.25, -0.2) is 21.6 Å². The molecule has 1 fully saturated rings. The van der Waals surface area contributed by atoms with E-state index in [1.807, 2.05) is 0 Å². The number of nitrogens with one attached hydrogen (secondary N) is 1. The summed E-state index contributed by atoms with van der Waals surface area (Å²) in [5.41, 5.74) is 0. The van der Waals surface area contributed by atoms with Crippen LogP contribution in [-0.4, -0.2) is 40.1 Å². The minimum absolute atomic E-state index is 0.00669. The Kier molecular flexibility index (Phi) is 3.14. The van der Waals surface area contributed by atoms with Crippen LogP contribution in [0.3, 0.4) is 0 Å². The first-order chi connectivity index (χ1) is 6.35. The third-order valence-corrected chi connectivity index (χ3v) is 4.80. The summed E-state index contributed by atoms with van der Waals surface area (Å²) in [6.07, 6.45) is 0.285. The van der Waals surface area contributed by atoms with Crippen LogP contribution in [0.5, 0.6) is 0 Å². The minimum atomic E-state index is -3.64. The van der Waals surface area contributed by atoms with Gasteiger partial charge in [0.05, 0.1) is 17.6 Å². The fraction of sp³-hybridized carbons (Fsp3) is 0.833. The van der Waals surface area contributed by atoms with Crippen molar-refractivity contribution in [2.24, 2.45) is 0 Å². The molecule has 0 amide bonds. The van der Waals surface area contributed by atoms with E-state index in [4.69, 9.17) is 5.26 Å². The van der Waals surface area contributed by atoms with E-state index in [2.05, 4.69) is 4.72 Å². The second kappa shape index (κ2) is 3.84. The van der Waals surface area contributed by atoms with Crippen LogP contribution in [0.25, 0.3) is 0 Å². The molecule has 80 valence electrons. The average molecular weight is 238 g/mol. The van der Waals surface area contributed by atoms with Gasteiger partial charge in [0.2, 0.25) is 10.0 Å². The van der Waals surface area contributed by atoms with Gasteiger partial charge in [-0.3, -0.25) is 0 Å². The summed E-state index contributed by atoms with van der Waals surface area (Å²) in [7, 11) is -6.73. The molecule has 0 spiro atoms. The molecule has 0 bridgehead atoms. The summed E-state index contributed by atoms with van der Waals surface area (Å²) in [5.74, 6) is -0.798. The maximum absolute atomic E-state index is 11.1. The molecule has 0 saturated carbocycles. The Balaban J connectivity index is 2.61. The molecule has 0 aliphatic carbocycles. The van der Waals surface area contributed by atoms with Crippen LogP contribution in [0, 0.1) is 11.3 Å². The molecule has 0 aromatic carbocycles. The van der Waals surface area contributed by atoms with Crippen molar-refractivity contribution in [3.63, 3.8) is 0 Å². The molecule has 1 unspecified atom stereocenters. The van der Waals surface area contributed by atoms with E-state index in [1.54, 1.807) is 0 Å². The molecular formula is C6H10N2O4S2. The van der Waals surface area contributed by atoms with E-state index in [9.17, 15) is 16.8 Å². The quantitative estimate of drug-likeness (QED) is 0.652. The van der Waals surface area contributed by atoms with Crippen LogP contribution in [0.15, 0.2) is 0 Å². The Morgan fingerprint density at radius 2 is 2.14 bits per heavy atom. The molecule has 0 radical (unpaired) electrons. The maximum Gasteiger partial charge on any atom is 0.225 e. The van der Waals surface area contributed by atoms with Crippen molar-refractivity contribution < 1.29 is 16.8 Å². The van der Waals surface area contributed by atoms with Gasteiger partial charge in [-0.15, -0.1) is 0 Å². The first-order valence-corrected chi connectivity index (χ1v) is 7.39. The number of sulfone groups is 1. The van der Waals surface area contributed by atoms with Crippen LogP contribution < -0.4 is 4.72 Å². The van der Waals surface area contributed by atoms with E-state index in [-0.39, 0.29) is 17.9 Å². The van der Waals surface area contributed by atoms with Gasteiger partial charge in [0.15, 0.2) is 15.6 Å². The number of rotatable bonds is 3. The van der Waals surface area contributed by atoms with Crippen LogP contribution in [0.2, 0.25) is 0 Å². The third kappa shape index (κ3) is 3.25. The highest BCUT2D eigenvalue weighted by molar-refractivity contribution is 7.92. The first kappa shape index (κ1) is 11.4. The highest BCUT2D eigenvalue weighted by Gasteiger charge is 2.30. The molecule has 1 atom stereocenters. The average Bonchev–Trinajstić information content (AvgIpc) is 2.28. The number of sulfonamides is 1. The number of hydrogen-bond donors (Lipinski definition) is 1. The molecule has 1 N–H and O–H groups in total. The molecule has 1 saturated heterocycles. The second-order valence-corrected chi connectivity index (χ2v) is 7.12. The Bertz CT molecular complexity index is 445. The van der Waals surface area contributed by atoms with Crippen molar-refractivity contribution in [3.05, 3.63) is 0 Å². The van der Waals surface area contributed by atoms with Gasteiger partial charge in [0.1, 0.15) is 0 Å². The Morgan fingerprint density at radius 3 is 2.57 bits per heavy atom. The zero-order chi connectivity index (χ0) is 10.8. The molecular weight excluding hydrogens is 228 g/mol. The summed E-state index contributed by atoms with van der Waals surface area (Å²) in [4.78, 5) is 0. The van der Waals surface area contributed by atoms with Crippen LogP contribution in [0.4, 0.5) is 0 Å². The van der Waals surface area contributed by atoms with Gasteiger partial charge in [-0.2, -0.15) is 5.26 Å². The fourth-order valence-corrected chi connectivity index (χ4v) is 4.01. The number of hydrogen-bond acceptors (Lipinski definition) is 5. The van der Waals surface area contributed by atoms with Crippen LogP contribution in [0.1, 0.15) is 6.42 Å². The molecule has 14 heavy (non-hydrogen) atoms. The zero-order valence-electron chi connectivity index (χ0n) is 7.30. The predicted octanol–water partition coefficient (Wildman–Crippen LogP) is -1.38. The summed E-state index contributed by atoms with van der Waals surface area (Å²) < 4.78 is 46.3. The summed E-state index contributed by atoms with van der Waals surface area (Å²) in [5, 5.41) is 8.19. The van der Waals surface area contributed by atoms with E-state index >= 15 is 0 Å². The molecule has 6 nitrogen and oxygen atoms in total. The van der Waals surface area contributed by atoms with Crippen molar-refractivity contribution in [1.29, 1.82) is 5.26 Å². The summed E-state index contributed by atoms with van der Waals surface area (Å²) >= 11 is 0. The van der Waals surface area contributed by atoms with Gasteiger partial charge >= 0.3 is 0 Å². The van der Waals surface area contributed by atoms with Crippen molar-refractivity contribution in [3.8, 4) is 6.07 Å². The van der Waals surface area contributed by atoms with Crippen LogP contribution >= 0.6 is 0 Å². The highest BCUT2D eigenvalue weighted by Crippen LogP contribution is 2.11. The SMILES string of the molecule is N#CCS(=O)(=O)NC1CCS(=O)(=O)C1. The standard InChI is InChI=1S/C6H10N2O4S2/c7-2-4-14(11,12)8-6-1-3-13(9,10)5-6/h6,8H,1,3-5H2. The highest BCUT2D eigenvalue weighted by atomic mass is 32.2. The third-order valence-electron chi connectivity index (χ3n) is 1.83. The van der Waals surface area contributed by atoms with Crippen molar-refractivity contribution in [2.75, 3.05) is 17.3 Å². The molecule has 1 heterocycles. The molecule has 0 aromatic heterocycles. The lowest BCUT2D eigenvalue weighted by Crippen LogP contribution is -2.36.